The second-order valence-corrected chi connectivity index (χ2v) is 10.2. The average Bonchev–Trinajstić information content (AvgIpc) is 3.09. The molecular weight excluding hydrogens is 382 g/mol. The van der Waals surface area contributed by atoms with Crippen LogP contribution in [0.5, 0.6) is 0 Å². The van der Waals surface area contributed by atoms with E-state index in [4.69, 9.17) is 4.74 Å². The molecule has 4 aliphatic rings. The zero-order valence-corrected chi connectivity index (χ0v) is 19.8. The van der Waals surface area contributed by atoms with Gasteiger partial charge in [0.2, 0.25) is 0 Å². The molecule has 0 aliphatic heterocycles. The number of esters is 1. The molecule has 0 saturated heterocycles. The smallest absolute Gasteiger partial charge is 0.302 e. The molecule has 0 spiro atoms. The van der Waals surface area contributed by atoms with Crippen LogP contribution in [-0.2, 0) is 9.53 Å². The maximum absolute atomic E-state index is 11.4. The number of rotatable bonds is 4. The SMILES string of the molecule is C#C.C/C=C\N=CCC1=CCC2C3CC=C4CC(OC(C)=O)CC[C@]4(C)C3CC[C@]12C. The van der Waals surface area contributed by atoms with Crippen LogP contribution in [0.15, 0.2) is 40.6 Å². The Morgan fingerprint density at radius 2 is 1.90 bits per heavy atom. The first-order valence-electron chi connectivity index (χ1n) is 11.9. The molecule has 4 aliphatic carbocycles. The number of terminal acetylenes is 1. The van der Waals surface area contributed by atoms with E-state index in [1.54, 1.807) is 11.1 Å². The minimum absolute atomic E-state index is 0.0911. The molecule has 0 aromatic carbocycles. The Kier molecular flexibility index (Phi) is 7.30. The van der Waals surface area contributed by atoms with Gasteiger partial charge in [0, 0.05) is 32.2 Å². The van der Waals surface area contributed by atoms with E-state index in [0.29, 0.717) is 10.8 Å². The van der Waals surface area contributed by atoms with Gasteiger partial charge in [-0.3, -0.25) is 9.79 Å². The van der Waals surface area contributed by atoms with E-state index in [1.165, 1.54) is 32.6 Å². The van der Waals surface area contributed by atoms with Crippen LogP contribution in [0, 0.1) is 41.4 Å². The van der Waals surface area contributed by atoms with Crippen molar-refractivity contribution in [2.75, 3.05) is 0 Å². The summed E-state index contributed by atoms with van der Waals surface area (Å²) in [5, 5.41) is 0. The van der Waals surface area contributed by atoms with Crippen LogP contribution in [0.1, 0.15) is 79.1 Å². The topological polar surface area (TPSA) is 38.7 Å². The van der Waals surface area contributed by atoms with Crippen LogP contribution in [0.25, 0.3) is 0 Å². The first-order valence-corrected chi connectivity index (χ1v) is 11.9. The van der Waals surface area contributed by atoms with Gasteiger partial charge in [-0.15, -0.1) is 12.8 Å². The molecule has 0 radical (unpaired) electrons. The van der Waals surface area contributed by atoms with Crippen molar-refractivity contribution in [2.45, 2.75) is 85.2 Å². The number of allylic oxidation sites excluding steroid dienone is 4. The first kappa shape index (κ1) is 23.6. The third-order valence-corrected chi connectivity index (χ3v) is 8.78. The van der Waals surface area contributed by atoms with Crippen molar-refractivity contribution in [1.82, 2.24) is 0 Å². The highest BCUT2D eigenvalue weighted by molar-refractivity contribution is 5.66. The van der Waals surface area contributed by atoms with Crippen molar-refractivity contribution in [3.63, 3.8) is 0 Å². The van der Waals surface area contributed by atoms with Crippen LogP contribution >= 0.6 is 0 Å². The van der Waals surface area contributed by atoms with Gasteiger partial charge in [0.15, 0.2) is 0 Å². The van der Waals surface area contributed by atoms with E-state index < -0.39 is 0 Å². The molecule has 2 saturated carbocycles. The molecule has 0 aromatic rings. The van der Waals surface area contributed by atoms with Gasteiger partial charge in [0.25, 0.3) is 0 Å². The average molecular weight is 422 g/mol. The van der Waals surface area contributed by atoms with Crippen LogP contribution in [0.2, 0.25) is 0 Å². The van der Waals surface area contributed by atoms with Gasteiger partial charge in [0.1, 0.15) is 6.10 Å². The molecular formula is C28H39NO2. The number of hydrogen-bond acceptors (Lipinski definition) is 3. The van der Waals surface area contributed by atoms with E-state index in [2.05, 4.69) is 50.1 Å². The van der Waals surface area contributed by atoms with Crippen LogP contribution in [0.4, 0.5) is 0 Å². The van der Waals surface area contributed by atoms with E-state index in [1.807, 2.05) is 19.2 Å². The predicted octanol–water partition coefficient (Wildman–Crippen LogP) is 6.66. The second-order valence-electron chi connectivity index (χ2n) is 10.2. The van der Waals surface area contributed by atoms with Crippen molar-refractivity contribution >= 4 is 12.2 Å². The fourth-order valence-electron chi connectivity index (χ4n) is 7.23. The minimum atomic E-state index is -0.135. The molecule has 3 nitrogen and oxygen atoms in total. The summed E-state index contributed by atoms with van der Waals surface area (Å²) in [7, 11) is 0. The maximum Gasteiger partial charge on any atom is 0.302 e. The summed E-state index contributed by atoms with van der Waals surface area (Å²) >= 11 is 0. The standard InChI is InChI=1S/C26H37NO2.C2H2/c1-5-15-27-16-12-19-7-9-23-22-8-6-20-17-21(29-18(2)28)10-13-26(20,4)24(22)11-14-25(19,23)3;1-2/h5-7,15-16,21-24H,8-14,17H2,1-4H3;1-2H/b15-5-,27-16?;/t21?,22?,23?,24?,25-,26+;/m1./s1. The second kappa shape index (κ2) is 9.60. The Balaban J connectivity index is 0.00000132. The van der Waals surface area contributed by atoms with Crippen LogP contribution < -0.4 is 0 Å². The maximum atomic E-state index is 11.4. The van der Waals surface area contributed by atoms with Gasteiger partial charge in [-0.2, -0.15) is 0 Å². The van der Waals surface area contributed by atoms with Crippen molar-refractivity contribution in [1.29, 1.82) is 0 Å². The Hall–Kier alpha value is -2.08. The van der Waals surface area contributed by atoms with Gasteiger partial charge < -0.3 is 4.74 Å². The van der Waals surface area contributed by atoms with E-state index in [9.17, 15) is 4.79 Å². The highest BCUT2D eigenvalue weighted by Crippen LogP contribution is 2.65. The summed E-state index contributed by atoms with van der Waals surface area (Å²) in [5.41, 5.74) is 3.84. The number of hydrogen-bond donors (Lipinski definition) is 0. The quantitative estimate of drug-likeness (QED) is 0.220. The molecule has 0 amide bonds. The summed E-state index contributed by atoms with van der Waals surface area (Å²) < 4.78 is 5.57. The number of fused-ring (bicyclic) bond motifs is 5. The van der Waals surface area contributed by atoms with Gasteiger partial charge in [-0.05, 0) is 74.0 Å². The zero-order chi connectivity index (χ0) is 22.6. The molecule has 2 fully saturated rings. The molecule has 0 aromatic heterocycles. The summed E-state index contributed by atoms with van der Waals surface area (Å²) in [4.78, 5) is 15.8. The Morgan fingerprint density at radius 3 is 2.61 bits per heavy atom. The van der Waals surface area contributed by atoms with Crippen LogP contribution in [0.3, 0.4) is 0 Å². The summed E-state index contributed by atoms with van der Waals surface area (Å²) in [5.74, 6) is 2.20. The van der Waals surface area contributed by atoms with E-state index in [0.717, 1.165) is 43.4 Å². The summed E-state index contributed by atoms with van der Waals surface area (Å²) in [6.45, 7) is 8.58. The Bertz CT molecular complexity index is 816. The van der Waals surface area contributed by atoms with E-state index in [-0.39, 0.29) is 12.1 Å². The molecule has 4 unspecified atom stereocenters. The highest BCUT2D eigenvalue weighted by Gasteiger charge is 2.56. The Labute approximate surface area is 189 Å². The predicted molar refractivity (Wildman–Crippen MR) is 129 cm³/mol. The number of ether oxygens (including phenoxy) is 1. The fraction of sp³-hybridized carbons (Fsp3) is 0.643. The fourth-order valence-corrected chi connectivity index (χ4v) is 7.23. The lowest BCUT2D eigenvalue weighted by molar-refractivity contribution is -0.148. The number of nitrogens with zero attached hydrogens (tertiary/aromatic N) is 1. The number of aliphatic imine (C=N–C) groups is 1. The monoisotopic (exact) mass is 421 g/mol. The molecule has 168 valence electrons. The third-order valence-electron chi connectivity index (χ3n) is 8.78. The molecule has 0 bridgehead atoms. The molecule has 31 heavy (non-hydrogen) atoms. The molecule has 3 heteroatoms. The summed E-state index contributed by atoms with van der Waals surface area (Å²) in [6.07, 6.45) is 28.3. The first-order chi connectivity index (χ1) is 14.9. The summed E-state index contributed by atoms with van der Waals surface area (Å²) in [6, 6.07) is 0. The van der Waals surface area contributed by atoms with Crippen molar-refractivity contribution in [2.24, 2.45) is 33.6 Å². The van der Waals surface area contributed by atoms with Crippen molar-refractivity contribution in [3.8, 4) is 12.8 Å². The third kappa shape index (κ3) is 4.32. The van der Waals surface area contributed by atoms with Crippen molar-refractivity contribution in [3.05, 3.63) is 35.6 Å². The molecule has 6 atom stereocenters. The Morgan fingerprint density at radius 1 is 1.16 bits per heavy atom. The zero-order valence-electron chi connectivity index (χ0n) is 19.8. The highest BCUT2D eigenvalue weighted by atomic mass is 16.5. The van der Waals surface area contributed by atoms with Gasteiger partial charge in [0.05, 0.1) is 0 Å². The van der Waals surface area contributed by atoms with Gasteiger partial charge in [-0.1, -0.05) is 43.2 Å². The largest absolute Gasteiger partial charge is 0.462 e. The molecule has 0 heterocycles. The minimum Gasteiger partial charge on any atom is -0.462 e. The lowest BCUT2D eigenvalue weighted by atomic mass is 9.47. The van der Waals surface area contributed by atoms with E-state index >= 15 is 0 Å². The molecule has 0 N–H and O–H groups in total. The van der Waals surface area contributed by atoms with Crippen LogP contribution in [-0.4, -0.2) is 18.3 Å². The van der Waals surface area contributed by atoms with Gasteiger partial charge >= 0.3 is 5.97 Å². The number of carbonyl (C=O) groups is 1. The normalized spacial score (nSPS) is 38.9. The van der Waals surface area contributed by atoms with Crippen molar-refractivity contribution < 1.29 is 9.53 Å². The lowest BCUT2D eigenvalue weighted by Gasteiger charge is -2.57. The molecule has 4 rings (SSSR count). The number of carbonyl (C=O) groups excluding carboxylic acids is 1. The lowest BCUT2D eigenvalue weighted by Crippen LogP contribution is -2.50. The van der Waals surface area contributed by atoms with Gasteiger partial charge in [-0.25, -0.2) is 0 Å².